The van der Waals surface area contributed by atoms with E-state index < -0.39 is 5.97 Å². The first kappa shape index (κ1) is 22.4. The Bertz CT molecular complexity index is 244. The molecule has 0 heterocycles. The number of unbranched alkanes of at least 4 members (excludes halogenated alkanes) is 15. The molecule has 0 atom stereocenters. The van der Waals surface area contributed by atoms with Crippen LogP contribution in [0, 0.1) is 0 Å². The Labute approximate surface area is 144 Å². The molecule has 0 amide bonds. The summed E-state index contributed by atoms with van der Waals surface area (Å²) in [5, 5.41) is 11.4. The Hall–Kier alpha value is -0.570. The SMILES string of the molecule is CCCCCCCCCCCCCCCCCCNCC(=O)O. The van der Waals surface area contributed by atoms with Gasteiger partial charge in [0.2, 0.25) is 0 Å². The molecular weight excluding hydrogens is 286 g/mol. The molecule has 0 unspecified atom stereocenters. The topological polar surface area (TPSA) is 49.3 Å². The molecule has 0 aliphatic heterocycles. The highest BCUT2D eigenvalue weighted by molar-refractivity contribution is 5.68. The van der Waals surface area contributed by atoms with Crippen molar-refractivity contribution >= 4 is 5.97 Å². The summed E-state index contributed by atoms with van der Waals surface area (Å²) in [6, 6.07) is 0. The number of hydrogen-bond acceptors (Lipinski definition) is 2. The van der Waals surface area contributed by atoms with Crippen LogP contribution < -0.4 is 5.32 Å². The van der Waals surface area contributed by atoms with Gasteiger partial charge in [0.05, 0.1) is 6.54 Å². The number of rotatable bonds is 19. The number of nitrogens with one attached hydrogen (secondary N) is 1. The molecule has 0 aromatic carbocycles. The Morgan fingerprint density at radius 2 is 1.00 bits per heavy atom. The van der Waals surface area contributed by atoms with Crippen molar-refractivity contribution in [1.82, 2.24) is 5.32 Å². The third-order valence-corrected chi connectivity index (χ3v) is 4.48. The molecule has 0 bridgehead atoms. The van der Waals surface area contributed by atoms with E-state index in [0.717, 1.165) is 13.0 Å². The maximum atomic E-state index is 10.3. The van der Waals surface area contributed by atoms with E-state index >= 15 is 0 Å². The molecule has 0 aliphatic rings. The van der Waals surface area contributed by atoms with Crippen LogP contribution in [0.4, 0.5) is 0 Å². The van der Waals surface area contributed by atoms with Gasteiger partial charge in [-0.25, -0.2) is 0 Å². The molecule has 0 aliphatic carbocycles. The molecular formula is C20H41NO2. The predicted molar refractivity (Wildman–Crippen MR) is 100 cm³/mol. The fraction of sp³-hybridized carbons (Fsp3) is 0.950. The van der Waals surface area contributed by atoms with Crippen LogP contribution in [0.15, 0.2) is 0 Å². The summed E-state index contributed by atoms with van der Waals surface area (Å²) in [6.45, 7) is 3.21. The maximum absolute atomic E-state index is 10.3. The lowest BCUT2D eigenvalue weighted by Gasteiger charge is -2.04. The summed E-state index contributed by atoms with van der Waals surface area (Å²) in [7, 11) is 0. The minimum atomic E-state index is -0.763. The van der Waals surface area contributed by atoms with Crippen LogP contribution >= 0.6 is 0 Å². The minimum absolute atomic E-state index is 0.0960. The third kappa shape index (κ3) is 21.4. The third-order valence-electron chi connectivity index (χ3n) is 4.48. The zero-order chi connectivity index (χ0) is 17.0. The monoisotopic (exact) mass is 327 g/mol. The van der Waals surface area contributed by atoms with Gasteiger partial charge in [0.15, 0.2) is 0 Å². The van der Waals surface area contributed by atoms with Crippen molar-refractivity contribution in [3.8, 4) is 0 Å². The van der Waals surface area contributed by atoms with Crippen LogP contribution in [0.2, 0.25) is 0 Å². The Morgan fingerprint density at radius 3 is 1.35 bits per heavy atom. The molecule has 0 aromatic rings. The lowest BCUT2D eigenvalue weighted by molar-refractivity contribution is -0.135. The summed E-state index contributed by atoms with van der Waals surface area (Å²) in [5.41, 5.74) is 0. The van der Waals surface area contributed by atoms with E-state index in [1.807, 2.05) is 0 Å². The minimum Gasteiger partial charge on any atom is -0.480 e. The van der Waals surface area contributed by atoms with Gasteiger partial charge in [-0.2, -0.15) is 0 Å². The fourth-order valence-corrected chi connectivity index (χ4v) is 2.99. The van der Waals surface area contributed by atoms with Gasteiger partial charge >= 0.3 is 5.97 Å². The van der Waals surface area contributed by atoms with E-state index in [1.54, 1.807) is 0 Å². The molecule has 23 heavy (non-hydrogen) atoms. The van der Waals surface area contributed by atoms with Crippen molar-refractivity contribution in [1.29, 1.82) is 0 Å². The molecule has 0 spiro atoms. The first-order chi connectivity index (χ1) is 11.3. The Balaban J connectivity index is 2.96. The lowest BCUT2D eigenvalue weighted by Crippen LogP contribution is -2.23. The van der Waals surface area contributed by atoms with E-state index in [0.29, 0.717) is 0 Å². The molecule has 0 rings (SSSR count). The Kier molecular flexibility index (Phi) is 19.0. The van der Waals surface area contributed by atoms with Crippen LogP contribution in [-0.2, 0) is 4.79 Å². The average Bonchev–Trinajstić information content (AvgIpc) is 2.53. The second-order valence-corrected chi connectivity index (χ2v) is 6.87. The van der Waals surface area contributed by atoms with Gasteiger partial charge in [-0.05, 0) is 13.0 Å². The number of hydrogen-bond donors (Lipinski definition) is 2. The molecule has 3 nitrogen and oxygen atoms in total. The van der Waals surface area contributed by atoms with Crippen LogP contribution in [0.5, 0.6) is 0 Å². The highest BCUT2D eigenvalue weighted by Gasteiger charge is 1.96. The maximum Gasteiger partial charge on any atom is 0.317 e. The lowest BCUT2D eigenvalue weighted by atomic mass is 10.0. The fourth-order valence-electron chi connectivity index (χ4n) is 2.99. The molecule has 0 aromatic heterocycles. The molecule has 0 fully saturated rings. The van der Waals surface area contributed by atoms with E-state index in [4.69, 9.17) is 5.11 Å². The summed E-state index contributed by atoms with van der Waals surface area (Å²) < 4.78 is 0. The second kappa shape index (κ2) is 19.5. The van der Waals surface area contributed by atoms with Gasteiger partial charge < -0.3 is 10.4 Å². The predicted octanol–water partition coefficient (Wildman–Crippen LogP) is 5.92. The molecule has 138 valence electrons. The highest BCUT2D eigenvalue weighted by atomic mass is 16.4. The molecule has 0 saturated carbocycles. The number of carboxylic acids is 1. The molecule has 3 heteroatoms. The van der Waals surface area contributed by atoms with Crippen LogP contribution in [0.3, 0.4) is 0 Å². The highest BCUT2D eigenvalue weighted by Crippen LogP contribution is 2.13. The van der Waals surface area contributed by atoms with Crippen molar-refractivity contribution in [2.75, 3.05) is 13.1 Å². The first-order valence-electron chi connectivity index (χ1n) is 10.2. The summed E-state index contributed by atoms with van der Waals surface area (Å²) in [4.78, 5) is 10.3. The molecule has 2 N–H and O–H groups in total. The average molecular weight is 328 g/mol. The number of carbonyl (C=O) groups is 1. The smallest absolute Gasteiger partial charge is 0.317 e. The quantitative estimate of drug-likeness (QED) is 0.289. The summed E-state index contributed by atoms with van der Waals surface area (Å²) in [6.07, 6.45) is 22.0. The summed E-state index contributed by atoms with van der Waals surface area (Å²) >= 11 is 0. The molecule has 0 saturated heterocycles. The van der Waals surface area contributed by atoms with Gasteiger partial charge in [0.1, 0.15) is 0 Å². The van der Waals surface area contributed by atoms with Crippen LogP contribution in [0.1, 0.15) is 110 Å². The van der Waals surface area contributed by atoms with Gasteiger partial charge in [-0.1, -0.05) is 103 Å². The van der Waals surface area contributed by atoms with Crippen molar-refractivity contribution in [2.45, 2.75) is 110 Å². The standard InChI is InChI=1S/C20H41NO2/c1-2-3-4-5-6-7-8-9-10-11-12-13-14-15-16-17-18-21-19-20(22)23/h21H,2-19H2,1H3,(H,22,23). The second-order valence-electron chi connectivity index (χ2n) is 6.87. The van der Waals surface area contributed by atoms with Crippen LogP contribution in [0.25, 0.3) is 0 Å². The van der Waals surface area contributed by atoms with Gasteiger partial charge in [-0.15, -0.1) is 0 Å². The van der Waals surface area contributed by atoms with Crippen molar-refractivity contribution < 1.29 is 9.90 Å². The number of carboxylic acid groups (broad SMARTS) is 1. The largest absolute Gasteiger partial charge is 0.480 e. The normalized spacial score (nSPS) is 11.0. The van der Waals surface area contributed by atoms with Crippen molar-refractivity contribution in [2.24, 2.45) is 0 Å². The van der Waals surface area contributed by atoms with E-state index in [9.17, 15) is 4.79 Å². The Morgan fingerprint density at radius 1 is 0.652 bits per heavy atom. The zero-order valence-corrected chi connectivity index (χ0v) is 15.6. The van der Waals surface area contributed by atoms with Crippen LogP contribution in [-0.4, -0.2) is 24.2 Å². The molecule has 0 radical (unpaired) electrons. The van der Waals surface area contributed by atoms with Gasteiger partial charge in [0, 0.05) is 0 Å². The zero-order valence-electron chi connectivity index (χ0n) is 15.6. The summed E-state index contributed by atoms with van der Waals surface area (Å²) in [5.74, 6) is -0.763. The van der Waals surface area contributed by atoms with Gasteiger partial charge in [-0.3, -0.25) is 4.79 Å². The van der Waals surface area contributed by atoms with E-state index in [-0.39, 0.29) is 6.54 Å². The van der Waals surface area contributed by atoms with E-state index in [2.05, 4.69) is 12.2 Å². The van der Waals surface area contributed by atoms with Gasteiger partial charge in [0.25, 0.3) is 0 Å². The number of aliphatic carboxylic acids is 1. The van der Waals surface area contributed by atoms with E-state index in [1.165, 1.54) is 96.3 Å². The van der Waals surface area contributed by atoms with Crippen molar-refractivity contribution in [3.63, 3.8) is 0 Å². The first-order valence-corrected chi connectivity index (χ1v) is 10.2. The van der Waals surface area contributed by atoms with Crippen molar-refractivity contribution in [3.05, 3.63) is 0 Å².